The maximum absolute atomic E-state index is 4.31. The SMILES string of the molecule is CC1(C)Cc2ncsc2C1. The Hall–Kier alpha value is -0.370. The van der Waals surface area contributed by atoms with E-state index in [-0.39, 0.29) is 0 Å². The predicted octanol–water partition coefficient (Wildman–Crippen LogP) is 2.27. The summed E-state index contributed by atoms with van der Waals surface area (Å²) in [5.41, 5.74) is 3.78. The van der Waals surface area contributed by atoms with Crippen molar-refractivity contribution in [3.05, 3.63) is 16.1 Å². The van der Waals surface area contributed by atoms with E-state index in [1.807, 2.05) is 5.51 Å². The monoisotopic (exact) mass is 153 g/mol. The van der Waals surface area contributed by atoms with E-state index in [0.29, 0.717) is 5.41 Å². The van der Waals surface area contributed by atoms with Gasteiger partial charge in [-0.05, 0) is 18.3 Å². The minimum absolute atomic E-state index is 0.482. The van der Waals surface area contributed by atoms with Crippen LogP contribution in [0, 0.1) is 5.41 Å². The van der Waals surface area contributed by atoms with Gasteiger partial charge >= 0.3 is 0 Å². The lowest BCUT2D eigenvalue weighted by Gasteiger charge is -2.14. The van der Waals surface area contributed by atoms with Crippen LogP contribution in [0.1, 0.15) is 24.4 Å². The highest BCUT2D eigenvalue weighted by molar-refractivity contribution is 7.09. The van der Waals surface area contributed by atoms with E-state index in [1.165, 1.54) is 23.4 Å². The van der Waals surface area contributed by atoms with Crippen LogP contribution in [0.4, 0.5) is 0 Å². The third kappa shape index (κ3) is 0.870. The minimum Gasteiger partial charge on any atom is -0.249 e. The fraction of sp³-hybridized carbons (Fsp3) is 0.625. The highest BCUT2D eigenvalue weighted by Gasteiger charge is 2.29. The molecule has 2 rings (SSSR count). The Morgan fingerprint density at radius 2 is 2.30 bits per heavy atom. The first kappa shape index (κ1) is 6.35. The molecule has 0 saturated heterocycles. The Morgan fingerprint density at radius 1 is 1.50 bits per heavy atom. The highest BCUT2D eigenvalue weighted by Crippen LogP contribution is 2.37. The Labute approximate surface area is 65.1 Å². The molecule has 1 aliphatic carbocycles. The number of nitrogens with zero attached hydrogens (tertiary/aromatic N) is 1. The first-order chi connectivity index (χ1) is 4.67. The van der Waals surface area contributed by atoms with Gasteiger partial charge in [-0.3, -0.25) is 0 Å². The maximum Gasteiger partial charge on any atom is 0.0797 e. The van der Waals surface area contributed by atoms with E-state index in [9.17, 15) is 0 Å². The van der Waals surface area contributed by atoms with Gasteiger partial charge in [-0.15, -0.1) is 11.3 Å². The first-order valence-electron chi connectivity index (χ1n) is 3.59. The van der Waals surface area contributed by atoms with Crippen LogP contribution < -0.4 is 0 Å². The molecule has 0 aromatic carbocycles. The van der Waals surface area contributed by atoms with E-state index in [0.717, 1.165) is 0 Å². The van der Waals surface area contributed by atoms with Gasteiger partial charge in [0.05, 0.1) is 11.2 Å². The van der Waals surface area contributed by atoms with Crippen LogP contribution in [-0.2, 0) is 12.8 Å². The zero-order valence-corrected chi connectivity index (χ0v) is 7.16. The van der Waals surface area contributed by atoms with E-state index < -0.39 is 0 Å². The summed E-state index contributed by atoms with van der Waals surface area (Å²) in [6.45, 7) is 4.61. The minimum atomic E-state index is 0.482. The van der Waals surface area contributed by atoms with Gasteiger partial charge in [-0.1, -0.05) is 13.8 Å². The summed E-state index contributed by atoms with van der Waals surface area (Å²) in [5, 5.41) is 0. The lowest BCUT2D eigenvalue weighted by molar-refractivity contribution is 0.391. The van der Waals surface area contributed by atoms with Crippen molar-refractivity contribution in [2.24, 2.45) is 5.41 Å². The Kier molecular flexibility index (Phi) is 1.15. The van der Waals surface area contributed by atoms with Gasteiger partial charge < -0.3 is 0 Å². The van der Waals surface area contributed by atoms with Crippen molar-refractivity contribution in [2.75, 3.05) is 0 Å². The molecular formula is C8H11NS. The lowest BCUT2D eigenvalue weighted by Crippen LogP contribution is -2.10. The molecule has 0 fully saturated rings. The number of rotatable bonds is 0. The summed E-state index contributed by atoms with van der Waals surface area (Å²) in [7, 11) is 0. The van der Waals surface area contributed by atoms with E-state index >= 15 is 0 Å². The molecule has 1 heterocycles. The van der Waals surface area contributed by atoms with Crippen LogP contribution in [0.3, 0.4) is 0 Å². The van der Waals surface area contributed by atoms with Crippen molar-refractivity contribution in [1.82, 2.24) is 4.98 Å². The number of aromatic nitrogens is 1. The van der Waals surface area contributed by atoms with Crippen molar-refractivity contribution in [3.8, 4) is 0 Å². The maximum atomic E-state index is 4.31. The van der Waals surface area contributed by atoms with Crippen molar-refractivity contribution in [3.63, 3.8) is 0 Å². The molecule has 0 spiro atoms. The molecule has 1 nitrogen and oxygen atoms in total. The normalized spacial score (nSPS) is 21.0. The van der Waals surface area contributed by atoms with Crippen LogP contribution in [0.15, 0.2) is 5.51 Å². The Morgan fingerprint density at radius 3 is 3.00 bits per heavy atom. The summed E-state index contributed by atoms with van der Waals surface area (Å²) >= 11 is 1.80. The molecule has 0 bridgehead atoms. The van der Waals surface area contributed by atoms with Gasteiger partial charge in [0.1, 0.15) is 0 Å². The third-order valence-electron chi connectivity index (χ3n) is 2.01. The lowest BCUT2D eigenvalue weighted by atomic mass is 9.91. The molecule has 2 heteroatoms. The van der Waals surface area contributed by atoms with Crippen molar-refractivity contribution in [2.45, 2.75) is 26.7 Å². The zero-order chi connectivity index (χ0) is 7.19. The third-order valence-corrected chi connectivity index (χ3v) is 2.89. The zero-order valence-electron chi connectivity index (χ0n) is 6.35. The Bertz CT molecular complexity index is 227. The summed E-state index contributed by atoms with van der Waals surface area (Å²) in [5.74, 6) is 0. The molecule has 0 amide bonds. The van der Waals surface area contributed by atoms with Crippen LogP contribution in [-0.4, -0.2) is 4.98 Å². The Balaban J connectivity index is 2.37. The molecule has 10 heavy (non-hydrogen) atoms. The van der Waals surface area contributed by atoms with Crippen LogP contribution in [0.2, 0.25) is 0 Å². The molecule has 1 aromatic rings. The average molecular weight is 153 g/mol. The quantitative estimate of drug-likeness (QED) is 0.557. The fourth-order valence-electron chi connectivity index (χ4n) is 1.53. The van der Waals surface area contributed by atoms with Gasteiger partial charge in [-0.2, -0.15) is 0 Å². The van der Waals surface area contributed by atoms with Gasteiger partial charge in [0, 0.05) is 4.88 Å². The van der Waals surface area contributed by atoms with Gasteiger partial charge in [0.15, 0.2) is 0 Å². The molecule has 0 saturated carbocycles. The highest BCUT2D eigenvalue weighted by atomic mass is 32.1. The van der Waals surface area contributed by atoms with Gasteiger partial charge in [-0.25, -0.2) is 4.98 Å². The van der Waals surface area contributed by atoms with E-state index in [2.05, 4.69) is 18.8 Å². The summed E-state index contributed by atoms with van der Waals surface area (Å²) in [4.78, 5) is 5.82. The summed E-state index contributed by atoms with van der Waals surface area (Å²) < 4.78 is 0. The van der Waals surface area contributed by atoms with E-state index in [1.54, 1.807) is 11.3 Å². The second-order valence-electron chi connectivity index (χ2n) is 3.74. The summed E-state index contributed by atoms with van der Waals surface area (Å²) in [6, 6.07) is 0. The average Bonchev–Trinajstić information content (AvgIpc) is 2.20. The topological polar surface area (TPSA) is 12.9 Å². The number of hydrogen-bond acceptors (Lipinski definition) is 2. The molecule has 54 valence electrons. The number of fused-ring (bicyclic) bond motifs is 1. The molecule has 1 aromatic heterocycles. The number of hydrogen-bond donors (Lipinski definition) is 0. The largest absolute Gasteiger partial charge is 0.249 e. The molecular weight excluding hydrogens is 142 g/mol. The molecule has 0 unspecified atom stereocenters. The van der Waals surface area contributed by atoms with Crippen LogP contribution in [0.25, 0.3) is 0 Å². The van der Waals surface area contributed by atoms with Gasteiger partial charge in [0.25, 0.3) is 0 Å². The smallest absolute Gasteiger partial charge is 0.0797 e. The molecule has 0 N–H and O–H groups in total. The second-order valence-corrected chi connectivity index (χ2v) is 4.68. The number of thiazole rings is 1. The standard InChI is InChI=1S/C8H11NS/c1-8(2)3-6-7(4-8)10-5-9-6/h5H,3-4H2,1-2H3. The van der Waals surface area contributed by atoms with Gasteiger partial charge in [0.2, 0.25) is 0 Å². The molecule has 1 aliphatic rings. The second kappa shape index (κ2) is 1.82. The van der Waals surface area contributed by atoms with Crippen molar-refractivity contribution in [1.29, 1.82) is 0 Å². The van der Waals surface area contributed by atoms with E-state index in [4.69, 9.17) is 0 Å². The first-order valence-corrected chi connectivity index (χ1v) is 4.47. The molecule has 0 aliphatic heterocycles. The predicted molar refractivity (Wildman–Crippen MR) is 43.3 cm³/mol. The van der Waals surface area contributed by atoms with Crippen LogP contribution >= 0.6 is 11.3 Å². The van der Waals surface area contributed by atoms with Crippen molar-refractivity contribution >= 4 is 11.3 Å². The summed E-state index contributed by atoms with van der Waals surface area (Å²) in [6.07, 6.45) is 2.40. The molecule has 0 radical (unpaired) electrons. The molecule has 0 atom stereocenters. The fourth-order valence-corrected chi connectivity index (χ4v) is 2.57. The van der Waals surface area contributed by atoms with Crippen molar-refractivity contribution < 1.29 is 0 Å². The van der Waals surface area contributed by atoms with Crippen LogP contribution in [0.5, 0.6) is 0 Å².